The van der Waals surface area contributed by atoms with Gasteiger partial charge in [-0.25, -0.2) is 0 Å². The first kappa shape index (κ1) is 10.9. The smallest absolute Gasteiger partial charge is 0.319 e. The van der Waals surface area contributed by atoms with Gasteiger partial charge < -0.3 is 15.4 Å². The molecule has 5 nitrogen and oxygen atoms in total. The van der Waals surface area contributed by atoms with Crippen LogP contribution < -0.4 is 10.6 Å². The highest BCUT2D eigenvalue weighted by Crippen LogP contribution is 1.76. The van der Waals surface area contributed by atoms with Crippen LogP contribution in [0.15, 0.2) is 0 Å². The highest BCUT2D eigenvalue weighted by atomic mass is 16.5. The quantitative estimate of drug-likeness (QED) is 0.409. The number of methoxy groups -OCH3 is 1. The van der Waals surface area contributed by atoms with Crippen molar-refractivity contribution in [2.24, 2.45) is 0 Å². The number of amides is 1. The maximum absolute atomic E-state index is 10.7. The molecule has 0 bridgehead atoms. The van der Waals surface area contributed by atoms with Crippen LogP contribution >= 0.6 is 0 Å². The molecule has 70 valence electrons. The minimum atomic E-state index is -0.327. The first-order valence-corrected chi connectivity index (χ1v) is 3.68. The molecule has 0 fully saturated rings. The van der Waals surface area contributed by atoms with Crippen molar-refractivity contribution in [1.29, 1.82) is 0 Å². The van der Waals surface area contributed by atoms with Crippen molar-refractivity contribution < 1.29 is 14.3 Å². The summed E-state index contributed by atoms with van der Waals surface area (Å²) in [7, 11) is 2.89. The Hall–Kier alpha value is -1.10. The zero-order valence-electron chi connectivity index (χ0n) is 7.35. The number of carbonyl (C=O) groups is 2. The van der Waals surface area contributed by atoms with Gasteiger partial charge in [0.25, 0.3) is 0 Å². The molecule has 12 heavy (non-hydrogen) atoms. The molecular formula is C7H14N2O3. The molecule has 0 aromatic rings. The summed E-state index contributed by atoms with van der Waals surface area (Å²) in [5.41, 5.74) is 0. The zero-order chi connectivity index (χ0) is 9.40. The largest absolute Gasteiger partial charge is 0.468 e. The van der Waals surface area contributed by atoms with Crippen LogP contribution in [0.4, 0.5) is 0 Å². The number of hydrogen-bond donors (Lipinski definition) is 2. The van der Waals surface area contributed by atoms with E-state index in [1.54, 1.807) is 7.05 Å². The number of ether oxygens (including phenoxy) is 1. The van der Waals surface area contributed by atoms with E-state index in [2.05, 4.69) is 15.4 Å². The van der Waals surface area contributed by atoms with Gasteiger partial charge in [0.1, 0.15) is 0 Å². The highest BCUT2D eigenvalue weighted by molar-refractivity contribution is 5.76. The molecule has 1 amide bonds. The first-order chi connectivity index (χ1) is 5.70. The molecule has 0 atom stereocenters. The average Bonchev–Trinajstić information content (AvgIpc) is 2.11. The fourth-order valence-electron chi connectivity index (χ4n) is 0.590. The third-order valence-electron chi connectivity index (χ3n) is 1.30. The van der Waals surface area contributed by atoms with Crippen LogP contribution in [0.3, 0.4) is 0 Å². The Balaban J connectivity index is 3.21. The van der Waals surface area contributed by atoms with Gasteiger partial charge in [-0.3, -0.25) is 9.59 Å². The Kier molecular flexibility index (Phi) is 6.00. The van der Waals surface area contributed by atoms with E-state index in [0.717, 1.165) is 0 Å². The van der Waals surface area contributed by atoms with Gasteiger partial charge in [-0.15, -0.1) is 0 Å². The summed E-state index contributed by atoms with van der Waals surface area (Å²) < 4.78 is 4.38. The van der Waals surface area contributed by atoms with Crippen LogP contribution in [0.1, 0.15) is 6.42 Å². The summed E-state index contributed by atoms with van der Waals surface area (Å²) in [6.45, 7) is 0.627. The average molecular weight is 174 g/mol. The third-order valence-corrected chi connectivity index (χ3v) is 1.30. The van der Waals surface area contributed by atoms with Crippen LogP contribution in [0.2, 0.25) is 0 Å². The van der Waals surface area contributed by atoms with Gasteiger partial charge >= 0.3 is 5.97 Å². The Morgan fingerprint density at radius 1 is 1.42 bits per heavy atom. The molecule has 0 saturated carbocycles. The van der Waals surface area contributed by atoms with E-state index in [0.29, 0.717) is 13.0 Å². The topological polar surface area (TPSA) is 67.4 Å². The van der Waals surface area contributed by atoms with Crippen molar-refractivity contribution in [1.82, 2.24) is 10.6 Å². The van der Waals surface area contributed by atoms with E-state index in [1.165, 1.54) is 7.11 Å². The van der Waals surface area contributed by atoms with Crippen molar-refractivity contribution >= 4 is 11.9 Å². The van der Waals surface area contributed by atoms with Crippen molar-refractivity contribution in [2.45, 2.75) is 6.42 Å². The number of carbonyl (C=O) groups excluding carboxylic acids is 2. The van der Waals surface area contributed by atoms with Crippen molar-refractivity contribution in [3.05, 3.63) is 0 Å². The van der Waals surface area contributed by atoms with Crippen LogP contribution in [-0.4, -0.2) is 39.1 Å². The first-order valence-electron chi connectivity index (χ1n) is 3.68. The van der Waals surface area contributed by atoms with E-state index < -0.39 is 0 Å². The lowest BCUT2D eigenvalue weighted by atomic mass is 10.4. The van der Waals surface area contributed by atoms with Gasteiger partial charge in [0.05, 0.1) is 13.7 Å². The number of esters is 1. The molecule has 0 unspecified atom stereocenters. The molecule has 2 N–H and O–H groups in total. The van der Waals surface area contributed by atoms with Crippen LogP contribution in [-0.2, 0) is 14.3 Å². The van der Waals surface area contributed by atoms with E-state index in [9.17, 15) is 9.59 Å². The molecule has 0 aliphatic rings. The third kappa shape index (κ3) is 5.67. The summed E-state index contributed by atoms with van der Waals surface area (Å²) >= 11 is 0. The lowest BCUT2D eigenvalue weighted by molar-refractivity contribution is -0.139. The predicted molar refractivity (Wildman–Crippen MR) is 43.6 cm³/mol. The van der Waals surface area contributed by atoms with Gasteiger partial charge in [0.2, 0.25) is 5.91 Å². The van der Waals surface area contributed by atoms with E-state index in [-0.39, 0.29) is 18.4 Å². The number of nitrogens with one attached hydrogen (secondary N) is 2. The molecule has 0 aliphatic heterocycles. The molecule has 5 heteroatoms. The monoisotopic (exact) mass is 174 g/mol. The predicted octanol–water partition coefficient (Wildman–Crippen LogP) is -1.11. The second-order valence-electron chi connectivity index (χ2n) is 2.18. The number of hydrogen-bond acceptors (Lipinski definition) is 4. The lowest BCUT2D eigenvalue weighted by Gasteiger charge is -2.01. The standard InChI is InChI=1S/C7H14N2O3/c1-8-6(10)3-4-9-5-7(11)12-2/h9H,3-5H2,1-2H3,(H,8,10). The van der Waals surface area contributed by atoms with Crippen LogP contribution in [0.25, 0.3) is 0 Å². The van der Waals surface area contributed by atoms with E-state index >= 15 is 0 Å². The second-order valence-corrected chi connectivity index (χ2v) is 2.18. The van der Waals surface area contributed by atoms with Gasteiger partial charge in [-0.2, -0.15) is 0 Å². The van der Waals surface area contributed by atoms with Crippen LogP contribution in [0, 0.1) is 0 Å². The van der Waals surface area contributed by atoms with E-state index in [1.807, 2.05) is 0 Å². The van der Waals surface area contributed by atoms with Crippen LogP contribution in [0.5, 0.6) is 0 Å². The molecule has 0 aromatic heterocycles. The zero-order valence-corrected chi connectivity index (χ0v) is 7.35. The van der Waals surface area contributed by atoms with Gasteiger partial charge in [-0.1, -0.05) is 0 Å². The Bertz CT molecular complexity index is 141. The van der Waals surface area contributed by atoms with Gasteiger partial charge in [-0.05, 0) is 0 Å². The summed E-state index contributed by atoms with van der Waals surface area (Å²) in [6, 6.07) is 0. The van der Waals surface area contributed by atoms with Crippen molar-refractivity contribution in [3.63, 3.8) is 0 Å². The van der Waals surface area contributed by atoms with Gasteiger partial charge in [0, 0.05) is 20.0 Å². The molecule has 0 rings (SSSR count). The SMILES string of the molecule is CNC(=O)CCNCC(=O)OC. The lowest BCUT2D eigenvalue weighted by Crippen LogP contribution is -2.28. The maximum atomic E-state index is 10.7. The fraction of sp³-hybridized carbons (Fsp3) is 0.714. The van der Waals surface area contributed by atoms with Crippen molar-refractivity contribution in [2.75, 3.05) is 27.2 Å². The Morgan fingerprint density at radius 2 is 2.08 bits per heavy atom. The summed E-state index contributed by atoms with van der Waals surface area (Å²) in [6.07, 6.45) is 0.369. The fourth-order valence-corrected chi connectivity index (χ4v) is 0.590. The summed E-state index contributed by atoms with van der Waals surface area (Å²) in [5.74, 6) is -0.376. The van der Waals surface area contributed by atoms with E-state index in [4.69, 9.17) is 0 Å². The second kappa shape index (κ2) is 6.60. The molecule has 0 spiro atoms. The molecular weight excluding hydrogens is 160 g/mol. The Morgan fingerprint density at radius 3 is 2.58 bits per heavy atom. The molecule has 0 heterocycles. The molecule has 0 radical (unpaired) electrons. The molecule has 0 aromatic carbocycles. The molecule has 0 aliphatic carbocycles. The minimum absolute atomic E-state index is 0.0487. The summed E-state index contributed by atoms with van der Waals surface area (Å²) in [4.78, 5) is 21.2. The summed E-state index contributed by atoms with van der Waals surface area (Å²) in [5, 5.41) is 5.24. The highest BCUT2D eigenvalue weighted by Gasteiger charge is 2.00. The minimum Gasteiger partial charge on any atom is -0.468 e. The maximum Gasteiger partial charge on any atom is 0.319 e. The Labute approximate surface area is 71.5 Å². The van der Waals surface area contributed by atoms with Gasteiger partial charge in [0.15, 0.2) is 0 Å². The number of rotatable bonds is 5. The van der Waals surface area contributed by atoms with Crippen molar-refractivity contribution in [3.8, 4) is 0 Å². The normalized spacial score (nSPS) is 9.17. The molecule has 0 saturated heterocycles.